The van der Waals surface area contributed by atoms with E-state index in [1.165, 1.54) is 6.07 Å². The predicted molar refractivity (Wildman–Crippen MR) is 102 cm³/mol. The molecule has 3 rings (SSSR count). The van der Waals surface area contributed by atoms with Crippen LogP contribution < -0.4 is 10.9 Å². The maximum atomic E-state index is 12.1. The lowest BCUT2D eigenvalue weighted by atomic mass is 9.95. The lowest BCUT2D eigenvalue weighted by Gasteiger charge is -2.28. The molecule has 5 nitrogen and oxygen atoms in total. The molecule has 2 heterocycles. The van der Waals surface area contributed by atoms with Crippen molar-refractivity contribution in [2.75, 3.05) is 0 Å². The van der Waals surface area contributed by atoms with Crippen molar-refractivity contribution in [1.29, 1.82) is 0 Å². The molecule has 1 amide bonds. The van der Waals surface area contributed by atoms with Gasteiger partial charge in [0.25, 0.3) is 5.56 Å². The van der Waals surface area contributed by atoms with E-state index < -0.39 is 0 Å². The summed E-state index contributed by atoms with van der Waals surface area (Å²) in [5.41, 5.74) is 1.02. The van der Waals surface area contributed by atoms with Gasteiger partial charge in [0.2, 0.25) is 5.91 Å². The molecule has 1 aliphatic rings. The van der Waals surface area contributed by atoms with E-state index in [1.807, 2.05) is 24.8 Å². The van der Waals surface area contributed by atoms with Gasteiger partial charge in [0.15, 0.2) is 0 Å². The van der Waals surface area contributed by atoms with Crippen molar-refractivity contribution in [2.24, 2.45) is 0 Å². The normalized spacial score (nSPS) is 20.4. The molecule has 1 saturated carbocycles. The summed E-state index contributed by atoms with van der Waals surface area (Å²) in [5.74, 6) is 0.0300. The number of rotatable bonds is 6. The number of aromatic nitrogens is 2. The van der Waals surface area contributed by atoms with Crippen molar-refractivity contribution >= 4 is 29.0 Å². The molecular formula is C18H23N3O2S2. The van der Waals surface area contributed by atoms with E-state index in [0.717, 1.165) is 35.7 Å². The first-order valence-electron chi connectivity index (χ1n) is 8.64. The number of carbonyl (C=O) groups is 1. The zero-order valence-corrected chi connectivity index (χ0v) is 15.9. The van der Waals surface area contributed by atoms with Crippen LogP contribution in [0.5, 0.6) is 0 Å². The number of hydrogen-bond donors (Lipinski definition) is 1. The molecule has 0 radical (unpaired) electrons. The molecule has 0 atom stereocenters. The second-order valence-electron chi connectivity index (χ2n) is 6.40. The van der Waals surface area contributed by atoms with Gasteiger partial charge in [0.1, 0.15) is 4.34 Å². The Bertz CT molecular complexity index is 763. The first-order chi connectivity index (χ1) is 12.1. The summed E-state index contributed by atoms with van der Waals surface area (Å²) in [6.07, 6.45) is 6.30. The van der Waals surface area contributed by atoms with Crippen LogP contribution in [0.15, 0.2) is 38.9 Å². The van der Waals surface area contributed by atoms with E-state index >= 15 is 0 Å². The van der Waals surface area contributed by atoms with Crippen molar-refractivity contribution in [3.8, 4) is 0 Å². The van der Waals surface area contributed by atoms with E-state index in [2.05, 4.69) is 15.7 Å². The molecule has 2 aromatic rings. The molecular weight excluding hydrogens is 354 g/mol. The van der Waals surface area contributed by atoms with Crippen LogP contribution in [0.2, 0.25) is 0 Å². The number of thiazole rings is 1. The monoisotopic (exact) mass is 377 g/mol. The SMILES string of the molecule is Cc1csc(SC2CCC(NC(=O)CCn3ccccc3=O)CC2)n1. The van der Waals surface area contributed by atoms with Gasteiger partial charge in [-0.25, -0.2) is 4.98 Å². The highest BCUT2D eigenvalue weighted by atomic mass is 32.2. The van der Waals surface area contributed by atoms with Gasteiger partial charge in [-0.1, -0.05) is 17.8 Å². The van der Waals surface area contributed by atoms with Gasteiger partial charge in [0.05, 0.1) is 0 Å². The zero-order valence-electron chi connectivity index (χ0n) is 14.3. The highest BCUT2D eigenvalue weighted by Gasteiger charge is 2.23. The summed E-state index contributed by atoms with van der Waals surface area (Å²) in [6, 6.07) is 5.29. The number of amides is 1. The molecule has 1 N–H and O–H groups in total. The van der Waals surface area contributed by atoms with Crippen LogP contribution in [-0.4, -0.2) is 26.8 Å². The standard InChI is InChI=1S/C18H23N3O2S2/c1-13-12-24-18(19-13)25-15-7-5-14(6-8-15)20-16(22)9-11-21-10-3-2-4-17(21)23/h2-4,10,12,14-15H,5-9,11H2,1H3,(H,20,22). The van der Waals surface area contributed by atoms with E-state index in [9.17, 15) is 9.59 Å². The molecule has 7 heteroatoms. The fourth-order valence-electron chi connectivity index (χ4n) is 3.02. The number of aryl methyl sites for hydroxylation is 2. The minimum Gasteiger partial charge on any atom is -0.353 e. The first kappa shape index (κ1) is 18.2. The van der Waals surface area contributed by atoms with Crippen molar-refractivity contribution in [1.82, 2.24) is 14.9 Å². The van der Waals surface area contributed by atoms with Crippen molar-refractivity contribution in [2.45, 2.75) is 61.2 Å². The Kier molecular flexibility index (Phi) is 6.31. The Morgan fingerprint density at radius 3 is 2.84 bits per heavy atom. The minimum atomic E-state index is -0.0646. The minimum absolute atomic E-state index is 0.0300. The molecule has 0 spiro atoms. The molecule has 2 aromatic heterocycles. The number of nitrogens with one attached hydrogen (secondary N) is 1. The smallest absolute Gasteiger partial charge is 0.250 e. The van der Waals surface area contributed by atoms with Gasteiger partial charge in [-0.2, -0.15) is 0 Å². The van der Waals surface area contributed by atoms with E-state index in [-0.39, 0.29) is 17.5 Å². The quantitative estimate of drug-likeness (QED) is 0.839. The molecule has 0 unspecified atom stereocenters. The van der Waals surface area contributed by atoms with Gasteiger partial charge < -0.3 is 9.88 Å². The van der Waals surface area contributed by atoms with Crippen LogP contribution in [0.3, 0.4) is 0 Å². The summed E-state index contributed by atoms with van der Waals surface area (Å²) in [5, 5.41) is 5.81. The van der Waals surface area contributed by atoms with Crippen LogP contribution in [-0.2, 0) is 11.3 Å². The second kappa shape index (κ2) is 8.67. The third-order valence-electron chi connectivity index (χ3n) is 4.38. The van der Waals surface area contributed by atoms with Gasteiger partial charge in [-0.3, -0.25) is 9.59 Å². The van der Waals surface area contributed by atoms with Crippen LogP contribution in [0.25, 0.3) is 0 Å². The molecule has 0 bridgehead atoms. The van der Waals surface area contributed by atoms with Gasteiger partial charge in [-0.15, -0.1) is 11.3 Å². The fourth-order valence-corrected chi connectivity index (χ4v) is 5.31. The lowest BCUT2D eigenvalue weighted by molar-refractivity contribution is -0.122. The Morgan fingerprint density at radius 2 is 2.16 bits per heavy atom. The average Bonchev–Trinajstić information content (AvgIpc) is 3.01. The molecule has 134 valence electrons. The second-order valence-corrected chi connectivity index (χ2v) is 8.80. The summed E-state index contributed by atoms with van der Waals surface area (Å²) in [7, 11) is 0. The Hall–Kier alpha value is -1.60. The van der Waals surface area contributed by atoms with Crippen molar-refractivity contribution in [3.63, 3.8) is 0 Å². The largest absolute Gasteiger partial charge is 0.353 e. The molecule has 0 aromatic carbocycles. The van der Waals surface area contributed by atoms with Crippen LogP contribution in [0.1, 0.15) is 37.8 Å². The summed E-state index contributed by atoms with van der Waals surface area (Å²) < 4.78 is 2.72. The average molecular weight is 378 g/mol. The molecule has 25 heavy (non-hydrogen) atoms. The molecule has 1 aliphatic carbocycles. The van der Waals surface area contributed by atoms with Crippen LogP contribution in [0.4, 0.5) is 0 Å². The van der Waals surface area contributed by atoms with Gasteiger partial charge in [-0.05, 0) is 38.7 Å². The van der Waals surface area contributed by atoms with E-state index in [0.29, 0.717) is 18.2 Å². The topological polar surface area (TPSA) is 64.0 Å². The third-order valence-corrected chi connectivity index (χ3v) is 6.81. The maximum absolute atomic E-state index is 12.1. The fraction of sp³-hybridized carbons (Fsp3) is 0.500. The summed E-state index contributed by atoms with van der Waals surface area (Å²) in [4.78, 5) is 28.3. The number of thioether (sulfide) groups is 1. The highest BCUT2D eigenvalue weighted by Crippen LogP contribution is 2.35. The number of pyridine rings is 1. The Balaban J connectivity index is 1.39. The van der Waals surface area contributed by atoms with E-state index in [1.54, 1.807) is 28.2 Å². The number of hydrogen-bond acceptors (Lipinski definition) is 5. The summed E-state index contributed by atoms with van der Waals surface area (Å²) in [6.45, 7) is 2.45. The predicted octanol–water partition coefficient (Wildman–Crippen LogP) is 3.22. The Labute approximate surface area is 155 Å². The Morgan fingerprint density at radius 1 is 1.36 bits per heavy atom. The van der Waals surface area contributed by atoms with Crippen LogP contribution in [0, 0.1) is 6.92 Å². The van der Waals surface area contributed by atoms with Gasteiger partial charge in [0, 0.05) is 47.6 Å². The van der Waals surface area contributed by atoms with Crippen molar-refractivity contribution in [3.05, 3.63) is 45.8 Å². The van der Waals surface area contributed by atoms with Crippen LogP contribution >= 0.6 is 23.1 Å². The van der Waals surface area contributed by atoms with Crippen molar-refractivity contribution < 1.29 is 4.79 Å². The third kappa shape index (κ3) is 5.44. The lowest BCUT2D eigenvalue weighted by Crippen LogP contribution is -2.38. The van der Waals surface area contributed by atoms with E-state index in [4.69, 9.17) is 0 Å². The summed E-state index contributed by atoms with van der Waals surface area (Å²) >= 11 is 3.59. The first-order valence-corrected chi connectivity index (χ1v) is 10.4. The number of carbonyl (C=O) groups excluding carboxylic acids is 1. The molecule has 0 saturated heterocycles. The van der Waals surface area contributed by atoms with Gasteiger partial charge >= 0.3 is 0 Å². The highest BCUT2D eigenvalue weighted by molar-refractivity contribution is 8.01. The zero-order chi connectivity index (χ0) is 17.6. The molecule has 0 aliphatic heterocycles. The molecule has 1 fully saturated rings. The number of nitrogens with zero attached hydrogens (tertiary/aromatic N) is 2. The maximum Gasteiger partial charge on any atom is 0.250 e.